The Morgan fingerprint density at radius 3 is 1.17 bits per heavy atom. The minimum absolute atomic E-state index is 2.00. The molecule has 0 spiro atoms. The molecule has 0 unspecified atom stereocenters. The lowest BCUT2D eigenvalue weighted by molar-refractivity contribution is 0.624. The summed E-state index contributed by atoms with van der Waals surface area (Å²) in [5.41, 5.74) is 0. The van der Waals surface area contributed by atoms with Gasteiger partial charge in [-0.1, -0.05) is 39.8 Å². The van der Waals surface area contributed by atoms with Crippen LogP contribution in [0.25, 0.3) is 0 Å². The van der Waals surface area contributed by atoms with E-state index in [1.165, 1.54) is 0 Å². The van der Waals surface area contributed by atoms with Crippen LogP contribution in [0, 0.1) is 0 Å². The van der Waals surface area contributed by atoms with Crippen LogP contribution in [0.5, 0.6) is 0 Å². The van der Waals surface area contributed by atoms with Gasteiger partial charge in [-0.15, -0.1) is 0 Å². The summed E-state index contributed by atoms with van der Waals surface area (Å²) in [5, 5.41) is 0. The summed E-state index contributed by atoms with van der Waals surface area (Å²) in [6, 6.07) is 0. The molecule has 0 aliphatic heterocycles. The first kappa shape index (κ1) is 17.4. The fraction of sp³-hybridized carbons (Fsp3) is 0.636. The van der Waals surface area contributed by atoms with Gasteiger partial charge >= 0.3 is 0 Å². The van der Waals surface area contributed by atoms with Crippen molar-refractivity contribution in [3.05, 3.63) is 24.6 Å². The first-order chi connectivity index (χ1) is 5.81. The van der Waals surface area contributed by atoms with Crippen molar-refractivity contribution in [1.82, 2.24) is 4.90 Å². The number of allylic oxidation sites excluding steroid dienone is 2. The van der Waals surface area contributed by atoms with E-state index in [1.54, 1.807) is 0 Å². The van der Waals surface area contributed by atoms with Gasteiger partial charge < -0.3 is 4.90 Å². The molecule has 0 aliphatic rings. The first-order valence-corrected chi connectivity index (χ1v) is 4.78. The van der Waals surface area contributed by atoms with Crippen LogP contribution >= 0.6 is 0 Å². The van der Waals surface area contributed by atoms with Gasteiger partial charge in [0.05, 0.1) is 0 Å². The van der Waals surface area contributed by atoms with Gasteiger partial charge in [-0.05, 0) is 26.2 Å². The van der Waals surface area contributed by atoms with Crippen LogP contribution in [0.3, 0.4) is 0 Å². The molecule has 0 amide bonds. The average Bonchev–Trinajstić information content (AvgIpc) is 2.12. The molecule has 1 nitrogen and oxygen atoms in total. The van der Waals surface area contributed by atoms with Gasteiger partial charge in [0.1, 0.15) is 0 Å². The zero-order chi connectivity index (χ0) is 10.4. The topological polar surface area (TPSA) is 3.24 Å². The summed E-state index contributed by atoms with van der Waals surface area (Å²) in [7, 11) is 2.00. The summed E-state index contributed by atoms with van der Waals surface area (Å²) >= 11 is 0. The molecule has 0 N–H and O–H groups in total. The van der Waals surface area contributed by atoms with E-state index in [4.69, 9.17) is 0 Å². The van der Waals surface area contributed by atoms with Crippen LogP contribution in [0.4, 0.5) is 0 Å². The highest BCUT2D eigenvalue weighted by molar-refractivity contribution is 4.85. The van der Waals surface area contributed by atoms with Crippen LogP contribution in [0.1, 0.15) is 41.5 Å². The van der Waals surface area contributed by atoms with Crippen LogP contribution < -0.4 is 0 Å². The van der Waals surface area contributed by atoms with Crippen molar-refractivity contribution in [2.24, 2.45) is 0 Å². The molecular formula is C11H25N. The smallest absolute Gasteiger partial charge is 0.0106 e. The van der Waals surface area contributed by atoms with E-state index >= 15 is 0 Å². The van der Waals surface area contributed by atoms with Crippen molar-refractivity contribution >= 4 is 0 Å². The molecule has 0 radical (unpaired) electrons. The lowest BCUT2D eigenvalue weighted by Gasteiger charge is -2.03. The SMILES string of the molecule is C/C=C\N(C)/C=C\C.CC.CC. The Hall–Kier alpha value is -0.720. The second-order valence-corrected chi connectivity index (χ2v) is 1.63. The molecular weight excluding hydrogens is 146 g/mol. The van der Waals surface area contributed by atoms with E-state index in [1.807, 2.05) is 78.0 Å². The highest BCUT2D eigenvalue weighted by atomic mass is 15.0. The molecule has 0 saturated carbocycles. The van der Waals surface area contributed by atoms with Crippen molar-refractivity contribution in [2.45, 2.75) is 41.5 Å². The van der Waals surface area contributed by atoms with E-state index in [-0.39, 0.29) is 0 Å². The normalized spacial score (nSPS) is 8.58. The minimum atomic E-state index is 2.00. The van der Waals surface area contributed by atoms with Gasteiger partial charge in [0.2, 0.25) is 0 Å². The van der Waals surface area contributed by atoms with Crippen molar-refractivity contribution in [3.8, 4) is 0 Å². The zero-order valence-corrected chi connectivity index (χ0v) is 9.76. The van der Waals surface area contributed by atoms with Crippen LogP contribution in [-0.4, -0.2) is 11.9 Å². The zero-order valence-electron chi connectivity index (χ0n) is 9.76. The number of nitrogens with zero attached hydrogens (tertiary/aromatic N) is 1. The lowest BCUT2D eigenvalue weighted by Crippen LogP contribution is -1.97. The molecule has 0 aromatic carbocycles. The third-order valence-electron chi connectivity index (χ3n) is 0.768. The monoisotopic (exact) mass is 171 g/mol. The second kappa shape index (κ2) is 22.4. The predicted octanol–water partition coefficient (Wildman–Crippen LogP) is 4.04. The highest BCUT2D eigenvalue weighted by Gasteiger charge is 1.73. The van der Waals surface area contributed by atoms with Crippen molar-refractivity contribution < 1.29 is 0 Å². The molecule has 12 heavy (non-hydrogen) atoms. The second-order valence-electron chi connectivity index (χ2n) is 1.63. The number of hydrogen-bond acceptors (Lipinski definition) is 1. The van der Waals surface area contributed by atoms with E-state index < -0.39 is 0 Å². The largest absolute Gasteiger partial charge is 0.358 e. The maximum absolute atomic E-state index is 2.00. The molecule has 1 heteroatoms. The molecule has 0 heterocycles. The molecule has 74 valence electrons. The number of hydrogen-bond donors (Lipinski definition) is 0. The molecule has 0 aromatic heterocycles. The predicted molar refractivity (Wildman–Crippen MR) is 60.1 cm³/mol. The van der Waals surface area contributed by atoms with Gasteiger partial charge in [-0.25, -0.2) is 0 Å². The van der Waals surface area contributed by atoms with E-state index in [0.29, 0.717) is 0 Å². The highest BCUT2D eigenvalue weighted by Crippen LogP contribution is 1.83. The molecule has 0 atom stereocenters. The van der Waals surface area contributed by atoms with Crippen LogP contribution in [0.15, 0.2) is 24.6 Å². The van der Waals surface area contributed by atoms with Crippen molar-refractivity contribution in [2.75, 3.05) is 7.05 Å². The Morgan fingerprint density at radius 1 is 0.750 bits per heavy atom. The minimum Gasteiger partial charge on any atom is -0.358 e. The third-order valence-corrected chi connectivity index (χ3v) is 0.768. The summed E-state index contributed by atoms with van der Waals surface area (Å²) in [6.45, 7) is 12.0. The van der Waals surface area contributed by atoms with Crippen molar-refractivity contribution in [3.63, 3.8) is 0 Å². The lowest BCUT2D eigenvalue weighted by atomic mass is 10.6. The van der Waals surface area contributed by atoms with Gasteiger partial charge in [-0.3, -0.25) is 0 Å². The van der Waals surface area contributed by atoms with E-state index in [9.17, 15) is 0 Å². The quantitative estimate of drug-likeness (QED) is 0.606. The average molecular weight is 171 g/mol. The van der Waals surface area contributed by atoms with Gasteiger partial charge in [0, 0.05) is 7.05 Å². The van der Waals surface area contributed by atoms with Crippen LogP contribution in [-0.2, 0) is 0 Å². The Bertz CT molecular complexity index is 81.2. The summed E-state index contributed by atoms with van der Waals surface area (Å²) in [4.78, 5) is 2.00. The summed E-state index contributed by atoms with van der Waals surface area (Å²) in [6.07, 6.45) is 8.00. The maximum Gasteiger partial charge on any atom is 0.0106 e. The molecule has 0 aromatic rings. The maximum atomic E-state index is 2.00. The standard InChI is InChI=1S/C7H13N.2C2H6/c1-4-6-8(3)7-5-2;2*1-2/h4-7H,1-3H3;2*1-2H3/b6-4-,7-5-;;. The Balaban J connectivity index is -0.000000175. The fourth-order valence-corrected chi connectivity index (χ4v) is 0.520. The Labute approximate surface area is 78.8 Å². The van der Waals surface area contributed by atoms with E-state index in [0.717, 1.165) is 0 Å². The molecule has 0 aliphatic carbocycles. The molecule has 0 fully saturated rings. The fourth-order valence-electron chi connectivity index (χ4n) is 0.520. The van der Waals surface area contributed by atoms with E-state index in [2.05, 4.69) is 0 Å². The van der Waals surface area contributed by atoms with Crippen molar-refractivity contribution in [1.29, 1.82) is 0 Å². The number of rotatable bonds is 2. The summed E-state index contributed by atoms with van der Waals surface area (Å²) in [5.74, 6) is 0. The molecule has 0 saturated heterocycles. The van der Waals surface area contributed by atoms with Gasteiger partial charge in [0.25, 0.3) is 0 Å². The Morgan fingerprint density at radius 2 is 1.00 bits per heavy atom. The van der Waals surface area contributed by atoms with Gasteiger partial charge in [-0.2, -0.15) is 0 Å². The third kappa shape index (κ3) is 22.8. The first-order valence-electron chi connectivity index (χ1n) is 4.78. The molecule has 0 bridgehead atoms. The van der Waals surface area contributed by atoms with Gasteiger partial charge in [0.15, 0.2) is 0 Å². The van der Waals surface area contributed by atoms with Crippen LogP contribution in [0.2, 0.25) is 0 Å². The summed E-state index contributed by atoms with van der Waals surface area (Å²) < 4.78 is 0. The molecule has 0 rings (SSSR count). The Kier molecular flexibility index (Phi) is 32.5.